The van der Waals surface area contributed by atoms with Gasteiger partial charge in [-0.1, -0.05) is 22.9 Å². The van der Waals surface area contributed by atoms with Crippen LogP contribution in [-0.2, 0) is 4.79 Å². The van der Waals surface area contributed by atoms with Gasteiger partial charge in [-0.3, -0.25) is 4.79 Å². The summed E-state index contributed by atoms with van der Waals surface area (Å²) < 4.78 is 16.3. The quantitative estimate of drug-likeness (QED) is 0.666. The highest BCUT2D eigenvalue weighted by Gasteiger charge is 2.14. The van der Waals surface area contributed by atoms with Crippen LogP contribution in [0.15, 0.2) is 47.0 Å². The SMILES string of the molecule is COc1cc(-c2noc(-c3ccc(C)cc3)n2)ccc1OCC(=O)N(C)C. The van der Waals surface area contributed by atoms with E-state index in [0.29, 0.717) is 23.2 Å². The average Bonchev–Trinajstić information content (AvgIpc) is 3.16. The molecule has 0 aliphatic rings. The lowest BCUT2D eigenvalue weighted by atomic mass is 10.1. The number of amides is 1. The summed E-state index contributed by atoms with van der Waals surface area (Å²) in [7, 11) is 4.88. The maximum Gasteiger partial charge on any atom is 0.259 e. The van der Waals surface area contributed by atoms with Crippen molar-refractivity contribution in [3.63, 3.8) is 0 Å². The van der Waals surface area contributed by atoms with E-state index in [4.69, 9.17) is 14.0 Å². The first-order chi connectivity index (χ1) is 13.0. The molecule has 1 aromatic heterocycles. The third-order valence-electron chi connectivity index (χ3n) is 4.00. The predicted octanol–water partition coefficient (Wildman–Crippen LogP) is 3.19. The standard InChI is InChI=1S/C20H21N3O4/c1-13-5-7-14(8-6-13)20-21-19(22-27-20)15-9-10-16(17(11-15)25-4)26-12-18(24)23(2)3/h5-11H,12H2,1-4H3. The summed E-state index contributed by atoms with van der Waals surface area (Å²) in [6, 6.07) is 13.1. The fourth-order valence-electron chi connectivity index (χ4n) is 2.35. The van der Waals surface area contributed by atoms with E-state index in [-0.39, 0.29) is 12.5 Å². The molecule has 0 spiro atoms. The van der Waals surface area contributed by atoms with Gasteiger partial charge < -0.3 is 18.9 Å². The molecule has 0 fully saturated rings. The molecule has 0 N–H and O–H groups in total. The molecule has 27 heavy (non-hydrogen) atoms. The van der Waals surface area contributed by atoms with Gasteiger partial charge in [-0.05, 0) is 37.3 Å². The largest absolute Gasteiger partial charge is 0.493 e. The molecule has 7 heteroatoms. The maximum absolute atomic E-state index is 11.7. The van der Waals surface area contributed by atoms with Crippen molar-refractivity contribution in [1.29, 1.82) is 0 Å². The van der Waals surface area contributed by atoms with Crippen LogP contribution in [0, 0.1) is 6.92 Å². The van der Waals surface area contributed by atoms with Crippen molar-refractivity contribution < 1.29 is 18.8 Å². The predicted molar refractivity (Wildman–Crippen MR) is 101 cm³/mol. The molecule has 7 nitrogen and oxygen atoms in total. The average molecular weight is 367 g/mol. The Balaban J connectivity index is 1.81. The monoisotopic (exact) mass is 367 g/mol. The summed E-state index contributed by atoms with van der Waals surface area (Å²) in [4.78, 5) is 17.6. The Hall–Kier alpha value is -3.35. The Morgan fingerprint density at radius 1 is 1.07 bits per heavy atom. The van der Waals surface area contributed by atoms with Gasteiger partial charge in [0.05, 0.1) is 7.11 Å². The van der Waals surface area contributed by atoms with Gasteiger partial charge in [0.25, 0.3) is 11.8 Å². The molecule has 0 bridgehead atoms. The lowest BCUT2D eigenvalue weighted by molar-refractivity contribution is -0.130. The summed E-state index contributed by atoms with van der Waals surface area (Å²) in [5.74, 6) is 1.71. The van der Waals surface area contributed by atoms with Crippen LogP contribution >= 0.6 is 0 Å². The van der Waals surface area contributed by atoms with Gasteiger partial charge in [0.1, 0.15) is 0 Å². The molecule has 3 aromatic rings. The molecule has 0 aliphatic heterocycles. The molecule has 1 heterocycles. The van der Waals surface area contributed by atoms with Crippen molar-refractivity contribution in [1.82, 2.24) is 15.0 Å². The summed E-state index contributed by atoms with van der Waals surface area (Å²) in [6.07, 6.45) is 0. The van der Waals surface area contributed by atoms with E-state index in [1.54, 1.807) is 32.3 Å². The molecule has 0 saturated heterocycles. The Labute approximate surface area is 157 Å². The highest BCUT2D eigenvalue weighted by Crippen LogP contribution is 2.32. The van der Waals surface area contributed by atoms with E-state index in [2.05, 4.69) is 10.1 Å². The Kier molecular flexibility index (Phi) is 5.40. The molecule has 0 unspecified atom stereocenters. The third-order valence-corrected chi connectivity index (χ3v) is 4.00. The number of carbonyl (C=O) groups is 1. The Morgan fingerprint density at radius 3 is 2.44 bits per heavy atom. The number of benzene rings is 2. The van der Waals surface area contributed by atoms with Crippen molar-refractivity contribution in [3.8, 4) is 34.3 Å². The van der Waals surface area contributed by atoms with E-state index < -0.39 is 0 Å². The van der Waals surface area contributed by atoms with Gasteiger partial charge in [0.15, 0.2) is 18.1 Å². The first kappa shape index (κ1) is 18.4. The number of ether oxygens (including phenoxy) is 2. The molecule has 140 valence electrons. The Bertz CT molecular complexity index is 933. The first-order valence-corrected chi connectivity index (χ1v) is 8.40. The molecule has 3 rings (SSSR count). The van der Waals surface area contributed by atoms with Crippen molar-refractivity contribution >= 4 is 5.91 Å². The van der Waals surface area contributed by atoms with Crippen LogP contribution in [0.3, 0.4) is 0 Å². The second kappa shape index (κ2) is 7.90. The molecular formula is C20H21N3O4. The van der Waals surface area contributed by atoms with Gasteiger partial charge >= 0.3 is 0 Å². The minimum atomic E-state index is -0.137. The summed E-state index contributed by atoms with van der Waals surface area (Å²) in [5, 5.41) is 4.04. The van der Waals surface area contributed by atoms with Gasteiger partial charge in [0.2, 0.25) is 5.82 Å². The zero-order valence-electron chi connectivity index (χ0n) is 15.7. The lowest BCUT2D eigenvalue weighted by Crippen LogP contribution is -2.27. The number of carbonyl (C=O) groups excluding carboxylic acids is 1. The minimum absolute atomic E-state index is 0.0670. The van der Waals surface area contributed by atoms with Crippen LogP contribution in [-0.4, -0.2) is 48.8 Å². The lowest BCUT2D eigenvalue weighted by Gasteiger charge is -2.13. The van der Waals surface area contributed by atoms with Crippen LogP contribution in [0.2, 0.25) is 0 Å². The zero-order valence-corrected chi connectivity index (χ0v) is 15.7. The van der Waals surface area contributed by atoms with Crippen LogP contribution in [0.25, 0.3) is 22.8 Å². The minimum Gasteiger partial charge on any atom is -0.493 e. The normalized spacial score (nSPS) is 10.5. The van der Waals surface area contributed by atoms with Crippen molar-refractivity contribution in [3.05, 3.63) is 48.0 Å². The molecule has 0 aliphatic carbocycles. The van der Waals surface area contributed by atoms with Crippen molar-refractivity contribution in [2.75, 3.05) is 27.8 Å². The van der Waals surface area contributed by atoms with E-state index in [0.717, 1.165) is 16.7 Å². The van der Waals surface area contributed by atoms with Crippen LogP contribution < -0.4 is 9.47 Å². The van der Waals surface area contributed by atoms with Gasteiger partial charge in [-0.2, -0.15) is 4.98 Å². The number of methoxy groups -OCH3 is 1. The molecule has 0 saturated carbocycles. The van der Waals surface area contributed by atoms with Gasteiger partial charge in [0, 0.05) is 25.2 Å². The van der Waals surface area contributed by atoms with E-state index in [1.165, 1.54) is 12.0 Å². The summed E-state index contributed by atoms with van der Waals surface area (Å²) >= 11 is 0. The van der Waals surface area contributed by atoms with E-state index in [9.17, 15) is 4.79 Å². The summed E-state index contributed by atoms with van der Waals surface area (Å²) in [6.45, 7) is 1.95. The number of aryl methyl sites for hydroxylation is 1. The fraction of sp³-hybridized carbons (Fsp3) is 0.250. The third kappa shape index (κ3) is 4.25. The number of hydrogen-bond acceptors (Lipinski definition) is 6. The second-order valence-electron chi connectivity index (χ2n) is 6.23. The van der Waals surface area contributed by atoms with Crippen LogP contribution in [0.4, 0.5) is 0 Å². The van der Waals surface area contributed by atoms with Crippen molar-refractivity contribution in [2.45, 2.75) is 6.92 Å². The number of aromatic nitrogens is 2. The maximum atomic E-state index is 11.7. The second-order valence-corrected chi connectivity index (χ2v) is 6.23. The van der Waals surface area contributed by atoms with Crippen molar-refractivity contribution in [2.24, 2.45) is 0 Å². The number of likely N-dealkylation sites (N-methyl/N-ethyl adjacent to an activating group) is 1. The molecule has 0 atom stereocenters. The smallest absolute Gasteiger partial charge is 0.259 e. The molecule has 1 amide bonds. The highest BCUT2D eigenvalue weighted by atomic mass is 16.5. The fourth-order valence-corrected chi connectivity index (χ4v) is 2.35. The first-order valence-electron chi connectivity index (χ1n) is 8.40. The van der Waals surface area contributed by atoms with Crippen LogP contribution in [0.1, 0.15) is 5.56 Å². The number of rotatable bonds is 6. The number of hydrogen-bond donors (Lipinski definition) is 0. The van der Waals surface area contributed by atoms with Gasteiger partial charge in [-0.25, -0.2) is 0 Å². The topological polar surface area (TPSA) is 77.7 Å². The zero-order chi connectivity index (χ0) is 19.4. The number of nitrogens with zero attached hydrogens (tertiary/aromatic N) is 3. The van der Waals surface area contributed by atoms with E-state index >= 15 is 0 Å². The van der Waals surface area contributed by atoms with Gasteiger partial charge in [-0.15, -0.1) is 0 Å². The molecule has 0 radical (unpaired) electrons. The Morgan fingerprint density at radius 2 is 1.78 bits per heavy atom. The van der Waals surface area contributed by atoms with E-state index in [1.807, 2.05) is 31.2 Å². The van der Waals surface area contributed by atoms with Crippen LogP contribution in [0.5, 0.6) is 11.5 Å². The summed E-state index contributed by atoms with van der Waals surface area (Å²) in [5.41, 5.74) is 2.74. The molecule has 2 aromatic carbocycles. The molecular weight excluding hydrogens is 346 g/mol. The highest BCUT2D eigenvalue weighted by molar-refractivity contribution is 5.77.